The maximum Gasteiger partial charge on any atom is 0.272 e. The predicted octanol–water partition coefficient (Wildman–Crippen LogP) is 6.27. The summed E-state index contributed by atoms with van der Waals surface area (Å²) in [5.74, 6) is -0.229. The molecule has 5 rings (SSSR count). The minimum Gasteiger partial charge on any atom is -0.366 e. The Balaban J connectivity index is 1.50. The number of pyridine rings is 1. The van der Waals surface area contributed by atoms with E-state index in [-0.39, 0.29) is 17.4 Å². The smallest absolute Gasteiger partial charge is 0.272 e. The molecule has 0 saturated carbocycles. The van der Waals surface area contributed by atoms with Crippen LogP contribution in [-0.4, -0.2) is 24.0 Å². The molecule has 35 heavy (non-hydrogen) atoms. The van der Waals surface area contributed by atoms with E-state index in [0.29, 0.717) is 23.8 Å². The van der Waals surface area contributed by atoms with E-state index in [1.165, 1.54) is 5.56 Å². The molecule has 5 nitrogen and oxygen atoms in total. The van der Waals surface area contributed by atoms with E-state index >= 15 is 0 Å². The molecule has 3 aromatic carbocycles. The second kappa shape index (κ2) is 9.96. The van der Waals surface area contributed by atoms with Crippen molar-refractivity contribution in [3.8, 4) is 11.1 Å². The van der Waals surface area contributed by atoms with Crippen molar-refractivity contribution in [3.05, 3.63) is 93.7 Å². The van der Waals surface area contributed by atoms with E-state index in [0.717, 1.165) is 47.0 Å². The number of nitrogens with zero attached hydrogens (tertiary/aromatic N) is 1. The first-order valence-corrected chi connectivity index (χ1v) is 12.5. The number of carbonyl (C=O) groups is 1. The van der Waals surface area contributed by atoms with Gasteiger partial charge < -0.3 is 15.2 Å². The van der Waals surface area contributed by atoms with E-state index in [2.05, 4.69) is 22.1 Å². The molecule has 1 amide bonds. The zero-order valence-electron chi connectivity index (χ0n) is 19.7. The summed E-state index contributed by atoms with van der Waals surface area (Å²) in [6.07, 6.45) is 2.57. The van der Waals surface area contributed by atoms with Crippen LogP contribution < -0.4 is 15.8 Å². The van der Waals surface area contributed by atoms with Crippen molar-refractivity contribution in [1.82, 2.24) is 4.98 Å². The molecule has 1 aliphatic rings. The lowest BCUT2D eigenvalue weighted by atomic mass is 9.93. The highest BCUT2D eigenvalue weighted by Gasteiger charge is 2.29. The minimum absolute atomic E-state index is 0.0135. The van der Waals surface area contributed by atoms with Crippen LogP contribution in [0.2, 0.25) is 5.02 Å². The van der Waals surface area contributed by atoms with E-state index in [1.54, 1.807) is 6.07 Å². The quantitative estimate of drug-likeness (QED) is 0.350. The third kappa shape index (κ3) is 4.82. The van der Waals surface area contributed by atoms with Crippen LogP contribution in [0.3, 0.4) is 0 Å². The van der Waals surface area contributed by atoms with Crippen molar-refractivity contribution < 1.29 is 4.79 Å². The zero-order chi connectivity index (χ0) is 24.4. The number of rotatable bonds is 5. The van der Waals surface area contributed by atoms with Gasteiger partial charge in [0.25, 0.3) is 5.56 Å². The third-order valence-electron chi connectivity index (χ3n) is 6.75. The van der Waals surface area contributed by atoms with Crippen LogP contribution >= 0.6 is 11.6 Å². The molecule has 2 heterocycles. The average molecular weight is 486 g/mol. The van der Waals surface area contributed by atoms with Gasteiger partial charge in [0.1, 0.15) is 5.69 Å². The summed E-state index contributed by atoms with van der Waals surface area (Å²) in [6, 6.07) is 23.4. The van der Waals surface area contributed by atoms with Crippen molar-refractivity contribution in [2.24, 2.45) is 5.92 Å². The van der Waals surface area contributed by atoms with Crippen LogP contribution in [0, 0.1) is 5.92 Å². The van der Waals surface area contributed by atoms with Gasteiger partial charge in [-0.3, -0.25) is 9.59 Å². The number of aromatic nitrogens is 1. The zero-order valence-corrected chi connectivity index (χ0v) is 20.4. The Morgan fingerprint density at radius 3 is 2.60 bits per heavy atom. The van der Waals surface area contributed by atoms with Crippen LogP contribution in [0.25, 0.3) is 22.0 Å². The van der Waals surface area contributed by atoms with Crippen LogP contribution in [0.4, 0.5) is 11.4 Å². The standard InChI is InChI=1S/C29H28ClN3O2/c1-2-19-10-13-23(14-11-19)31-28(34)21-9-6-16-33(18-21)27-26(20-7-4-3-5-8-20)24-17-22(30)12-15-25(24)32-29(27)35/h3-5,7-8,10-15,17,21H,2,6,9,16,18H2,1H3,(H,31,34)(H,32,35). The fraction of sp³-hybridized carbons (Fsp3) is 0.241. The number of aryl methyl sites for hydroxylation is 1. The van der Waals surface area contributed by atoms with Gasteiger partial charge in [0.05, 0.1) is 5.92 Å². The number of nitrogens with one attached hydrogen (secondary N) is 2. The second-order valence-electron chi connectivity index (χ2n) is 9.06. The van der Waals surface area contributed by atoms with Gasteiger partial charge in [-0.05, 0) is 60.7 Å². The van der Waals surface area contributed by atoms with Crippen LogP contribution in [0.5, 0.6) is 0 Å². The van der Waals surface area contributed by atoms with E-state index < -0.39 is 0 Å². The molecule has 1 aliphatic heterocycles. The summed E-state index contributed by atoms with van der Waals surface area (Å²) in [7, 11) is 0. The first kappa shape index (κ1) is 23.2. The number of fused-ring (bicyclic) bond motifs is 1. The molecule has 1 unspecified atom stereocenters. The number of carbonyl (C=O) groups excluding carboxylic acids is 1. The maximum atomic E-state index is 13.4. The van der Waals surface area contributed by atoms with Gasteiger partial charge in [-0.15, -0.1) is 0 Å². The van der Waals surface area contributed by atoms with Crippen LogP contribution in [-0.2, 0) is 11.2 Å². The average Bonchev–Trinajstić information content (AvgIpc) is 2.89. The number of halogens is 1. The van der Waals surface area contributed by atoms with Gasteiger partial charge in [0, 0.05) is 40.3 Å². The van der Waals surface area contributed by atoms with Crippen molar-refractivity contribution in [2.75, 3.05) is 23.3 Å². The van der Waals surface area contributed by atoms with Gasteiger partial charge in [-0.2, -0.15) is 0 Å². The Bertz CT molecular complexity index is 1410. The third-order valence-corrected chi connectivity index (χ3v) is 6.99. The van der Waals surface area contributed by atoms with Crippen molar-refractivity contribution in [1.29, 1.82) is 0 Å². The molecule has 4 aromatic rings. The SMILES string of the molecule is CCc1ccc(NC(=O)C2CCCN(c3c(-c4ccccc4)c4cc(Cl)ccc4[nH]c3=O)C2)cc1. The molecule has 0 radical (unpaired) electrons. The number of anilines is 2. The molecule has 0 aliphatic carbocycles. The summed E-state index contributed by atoms with van der Waals surface area (Å²) in [6.45, 7) is 3.30. The Morgan fingerprint density at radius 1 is 1.09 bits per heavy atom. The monoisotopic (exact) mass is 485 g/mol. The topological polar surface area (TPSA) is 65.2 Å². The number of H-pyrrole nitrogens is 1. The van der Waals surface area contributed by atoms with Gasteiger partial charge in [-0.25, -0.2) is 0 Å². The Kier molecular flexibility index (Phi) is 6.60. The van der Waals surface area contributed by atoms with E-state index in [9.17, 15) is 9.59 Å². The lowest BCUT2D eigenvalue weighted by Gasteiger charge is -2.34. The lowest BCUT2D eigenvalue weighted by molar-refractivity contribution is -0.120. The number of hydrogen-bond donors (Lipinski definition) is 2. The number of amides is 1. The Morgan fingerprint density at radius 2 is 1.86 bits per heavy atom. The molecule has 1 atom stereocenters. The predicted molar refractivity (Wildman–Crippen MR) is 144 cm³/mol. The number of piperidine rings is 1. The maximum absolute atomic E-state index is 13.4. The number of benzene rings is 3. The Labute approximate surface area is 209 Å². The summed E-state index contributed by atoms with van der Waals surface area (Å²) < 4.78 is 0. The summed E-state index contributed by atoms with van der Waals surface area (Å²) in [4.78, 5) is 31.7. The number of aromatic amines is 1. The van der Waals surface area contributed by atoms with Gasteiger partial charge >= 0.3 is 0 Å². The normalized spacial score (nSPS) is 15.8. The first-order chi connectivity index (χ1) is 17.0. The molecule has 1 saturated heterocycles. The molecule has 6 heteroatoms. The fourth-order valence-electron chi connectivity index (χ4n) is 4.92. The molecular formula is C29H28ClN3O2. The van der Waals surface area contributed by atoms with Crippen LogP contribution in [0.1, 0.15) is 25.3 Å². The van der Waals surface area contributed by atoms with Gasteiger partial charge in [0.2, 0.25) is 5.91 Å². The fourth-order valence-corrected chi connectivity index (χ4v) is 5.09. The highest BCUT2D eigenvalue weighted by Crippen LogP contribution is 2.37. The van der Waals surface area contributed by atoms with Crippen molar-refractivity contribution in [2.45, 2.75) is 26.2 Å². The molecule has 1 fully saturated rings. The molecular weight excluding hydrogens is 458 g/mol. The number of hydrogen-bond acceptors (Lipinski definition) is 3. The first-order valence-electron chi connectivity index (χ1n) is 12.1. The molecule has 178 valence electrons. The molecule has 0 spiro atoms. The Hall–Kier alpha value is -3.57. The summed E-state index contributed by atoms with van der Waals surface area (Å²) in [5, 5.41) is 4.56. The summed E-state index contributed by atoms with van der Waals surface area (Å²) >= 11 is 6.36. The minimum atomic E-state index is -0.215. The van der Waals surface area contributed by atoms with Gasteiger partial charge in [0.15, 0.2) is 0 Å². The van der Waals surface area contributed by atoms with Gasteiger partial charge in [-0.1, -0.05) is 61.0 Å². The molecule has 2 N–H and O–H groups in total. The highest BCUT2D eigenvalue weighted by molar-refractivity contribution is 6.31. The van der Waals surface area contributed by atoms with Crippen molar-refractivity contribution >= 4 is 39.8 Å². The van der Waals surface area contributed by atoms with Crippen LogP contribution in [0.15, 0.2) is 77.6 Å². The second-order valence-corrected chi connectivity index (χ2v) is 9.49. The summed E-state index contributed by atoms with van der Waals surface area (Å²) in [5.41, 5.74) is 5.00. The van der Waals surface area contributed by atoms with Crippen molar-refractivity contribution in [3.63, 3.8) is 0 Å². The molecule has 1 aromatic heterocycles. The highest BCUT2D eigenvalue weighted by atomic mass is 35.5. The van der Waals surface area contributed by atoms with E-state index in [4.69, 9.17) is 11.6 Å². The largest absolute Gasteiger partial charge is 0.366 e. The van der Waals surface area contributed by atoms with E-state index in [1.807, 2.05) is 66.7 Å². The molecule has 0 bridgehead atoms. The lowest BCUT2D eigenvalue weighted by Crippen LogP contribution is -2.43.